The second-order valence-electron chi connectivity index (χ2n) is 11.2. The second-order valence-corrected chi connectivity index (χ2v) is 11.2. The van der Waals surface area contributed by atoms with Gasteiger partial charge in [0.05, 0.1) is 28.3 Å². The van der Waals surface area contributed by atoms with Gasteiger partial charge < -0.3 is 25.3 Å². The lowest BCUT2D eigenvalue weighted by Crippen LogP contribution is -1.97. The number of aliphatic hydroxyl groups excluding tert-OH is 1. The number of carbonyl (C=O) groups is 2. The van der Waals surface area contributed by atoms with Crippen LogP contribution in [0.3, 0.4) is 0 Å². The molecule has 0 aromatic carbocycles. The van der Waals surface area contributed by atoms with Crippen LogP contribution in [-0.2, 0) is 9.59 Å². The highest BCUT2D eigenvalue weighted by Crippen LogP contribution is 2.38. The van der Waals surface area contributed by atoms with Crippen molar-refractivity contribution >= 4 is 61.9 Å². The molecule has 0 fully saturated rings. The van der Waals surface area contributed by atoms with E-state index < -0.39 is 11.9 Å². The molecule has 2 aliphatic heterocycles. The van der Waals surface area contributed by atoms with E-state index >= 15 is 0 Å². The van der Waals surface area contributed by atoms with Crippen LogP contribution >= 0.6 is 0 Å². The lowest BCUT2D eigenvalue weighted by molar-refractivity contribution is -0.137. The van der Waals surface area contributed by atoms with Gasteiger partial charge in [-0.1, -0.05) is 6.58 Å². The molecule has 3 aromatic rings. The molecule has 0 radical (unpaired) electrons. The van der Waals surface area contributed by atoms with E-state index in [1.807, 2.05) is 52.0 Å². The number of carboxylic acid groups (broad SMARTS) is 2. The summed E-state index contributed by atoms with van der Waals surface area (Å²) in [6, 6.07) is 9.87. The number of aromatic nitrogens is 4. The number of hydrogen-bond acceptors (Lipinski definition) is 5. The van der Waals surface area contributed by atoms with Crippen molar-refractivity contribution in [3.05, 3.63) is 76.4 Å². The van der Waals surface area contributed by atoms with Crippen LogP contribution in [0, 0.1) is 13.8 Å². The van der Waals surface area contributed by atoms with E-state index in [4.69, 9.17) is 9.97 Å². The fourth-order valence-corrected chi connectivity index (χ4v) is 5.83. The van der Waals surface area contributed by atoms with Crippen LogP contribution in [0.15, 0.2) is 36.9 Å². The molecular formula is C34H36N4O5. The highest BCUT2D eigenvalue weighted by Gasteiger charge is 2.22. The van der Waals surface area contributed by atoms with Gasteiger partial charge in [-0.15, -0.1) is 0 Å². The average molecular weight is 581 g/mol. The maximum Gasteiger partial charge on any atom is 0.303 e. The van der Waals surface area contributed by atoms with Gasteiger partial charge in [0.25, 0.3) is 0 Å². The predicted octanol–water partition coefficient (Wildman–Crippen LogP) is 6.92. The van der Waals surface area contributed by atoms with Gasteiger partial charge in [-0.05, 0) is 116 Å². The average Bonchev–Trinajstić information content (AvgIpc) is 3.63. The Balaban J connectivity index is 1.91. The summed E-state index contributed by atoms with van der Waals surface area (Å²) in [6.45, 7) is 12.2. The van der Waals surface area contributed by atoms with E-state index in [0.29, 0.717) is 42.0 Å². The van der Waals surface area contributed by atoms with Crippen LogP contribution in [0.5, 0.6) is 0 Å². The number of nitrogens with zero attached hydrogens (tertiary/aromatic N) is 2. The van der Waals surface area contributed by atoms with Gasteiger partial charge in [0, 0.05) is 41.6 Å². The van der Waals surface area contributed by atoms with Crippen LogP contribution in [0.4, 0.5) is 0 Å². The molecule has 3 aromatic heterocycles. The summed E-state index contributed by atoms with van der Waals surface area (Å²) in [6.07, 6.45) is 0.913. The molecule has 9 heteroatoms. The molecular weight excluding hydrogens is 544 g/mol. The number of hydrogen-bond donors (Lipinski definition) is 5. The quantitative estimate of drug-likeness (QED) is 0.184. The highest BCUT2D eigenvalue weighted by atomic mass is 16.4. The summed E-state index contributed by atoms with van der Waals surface area (Å²) < 4.78 is 0. The van der Waals surface area contributed by atoms with Crippen LogP contribution in [0.25, 0.3) is 49.9 Å². The van der Waals surface area contributed by atoms with Gasteiger partial charge >= 0.3 is 11.9 Å². The topological polar surface area (TPSA) is 152 Å². The largest absolute Gasteiger partial charge is 0.481 e. The molecule has 9 nitrogen and oxygen atoms in total. The molecule has 8 bridgehead atoms. The molecule has 5 rings (SSSR count). The fourth-order valence-electron chi connectivity index (χ4n) is 5.83. The Kier molecular flexibility index (Phi) is 8.19. The maximum atomic E-state index is 11.5. The first-order valence-electron chi connectivity index (χ1n) is 14.3. The zero-order valence-corrected chi connectivity index (χ0v) is 24.9. The maximum absolute atomic E-state index is 11.5. The highest BCUT2D eigenvalue weighted by molar-refractivity contribution is 5.97. The van der Waals surface area contributed by atoms with Crippen molar-refractivity contribution in [3.8, 4) is 0 Å². The molecule has 43 heavy (non-hydrogen) atoms. The van der Waals surface area contributed by atoms with Crippen molar-refractivity contribution in [2.45, 2.75) is 59.8 Å². The smallest absolute Gasteiger partial charge is 0.303 e. The molecule has 0 atom stereocenters. The van der Waals surface area contributed by atoms with Crippen molar-refractivity contribution in [1.29, 1.82) is 0 Å². The number of nitrogens with one attached hydrogen (secondary N) is 2. The number of H-pyrrole nitrogens is 2. The van der Waals surface area contributed by atoms with Gasteiger partial charge in [-0.2, -0.15) is 0 Å². The van der Waals surface area contributed by atoms with Crippen molar-refractivity contribution in [3.63, 3.8) is 0 Å². The first-order valence-corrected chi connectivity index (χ1v) is 14.3. The summed E-state index contributed by atoms with van der Waals surface area (Å²) in [5, 5.41) is 28.6. The summed E-state index contributed by atoms with van der Waals surface area (Å²) >= 11 is 0. The predicted molar refractivity (Wildman–Crippen MR) is 170 cm³/mol. The van der Waals surface area contributed by atoms with E-state index in [2.05, 4.69) is 22.6 Å². The Morgan fingerprint density at radius 2 is 1.30 bits per heavy atom. The summed E-state index contributed by atoms with van der Waals surface area (Å²) in [7, 11) is 0. The molecule has 0 saturated carbocycles. The SMILES string of the molecule is C=C(CCO)c1c2cc(C)c(cc3nc(cc4nc(cc5cc(C)c1[nH]5)C(C)=C4CCC(=O)O)C(CCC(=O)O)=C3C)[nH]2. The minimum atomic E-state index is -0.895. The van der Waals surface area contributed by atoms with Gasteiger partial charge in [-0.25, -0.2) is 9.97 Å². The Morgan fingerprint density at radius 1 is 0.721 bits per heavy atom. The van der Waals surface area contributed by atoms with Crippen molar-refractivity contribution in [1.82, 2.24) is 19.9 Å². The normalized spacial score (nSPS) is 13.1. The summed E-state index contributed by atoms with van der Waals surface area (Å²) in [5.41, 5.74) is 13.2. The Hall–Kier alpha value is -4.76. The van der Waals surface area contributed by atoms with E-state index in [1.165, 1.54) is 0 Å². The number of fused-ring (bicyclic) bond motifs is 8. The Bertz CT molecular complexity index is 1900. The van der Waals surface area contributed by atoms with Gasteiger partial charge in [-0.3, -0.25) is 9.59 Å². The lowest BCUT2D eigenvalue weighted by atomic mass is 9.98. The molecule has 2 aliphatic rings. The van der Waals surface area contributed by atoms with Crippen LogP contribution in [0.1, 0.15) is 85.4 Å². The minimum Gasteiger partial charge on any atom is -0.481 e. The first kappa shape index (κ1) is 29.7. The van der Waals surface area contributed by atoms with Gasteiger partial charge in [0.2, 0.25) is 0 Å². The Morgan fingerprint density at radius 3 is 1.86 bits per heavy atom. The zero-order chi connectivity index (χ0) is 31.0. The number of aryl methyl sites for hydroxylation is 2. The monoisotopic (exact) mass is 580 g/mol. The lowest BCUT2D eigenvalue weighted by Gasteiger charge is -2.06. The molecule has 0 unspecified atom stereocenters. The molecule has 0 aliphatic carbocycles. The van der Waals surface area contributed by atoms with Crippen LogP contribution in [0.2, 0.25) is 0 Å². The number of aliphatic hydroxyl groups is 1. The fraction of sp³-hybridized carbons (Fsp3) is 0.294. The first-order chi connectivity index (χ1) is 20.5. The van der Waals surface area contributed by atoms with Crippen molar-refractivity contribution < 1.29 is 24.9 Å². The molecule has 222 valence electrons. The number of carboxylic acids is 2. The molecule has 0 amide bonds. The number of allylic oxidation sites excluding steroid dienone is 4. The third-order valence-electron chi connectivity index (χ3n) is 8.18. The zero-order valence-electron chi connectivity index (χ0n) is 24.9. The van der Waals surface area contributed by atoms with Gasteiger partial charge in [0.15, 0.2) is 0 Å². The van der Waals surface area contributed by atoms with E-state index in [0.717, 1.165) is 66.6 Å². The third-order valence-corrected chi connectivity index (χ3v) is 8.18. The second kappa shape index (κ2) is 11.9. The molecule has 5 heterocycles. The number of aliphatic carboxylic acids is 2. The van der Waals surface area contributed by atoms with Crippen LogP contribution in [-0.4, -0.2) is 53.8 Å². The molecule has 5 N–H and O–H groups in total. The van der Waals surface area contributed by atoms with Crippen LogP contribution < -0.4 is 0 Å². The van der Waals surface area contributed by atoms with E-state index in [-0.39, 0.29) is 19.4 Å². The van der Waals surface area contributed by atoms with Crippen molar-refractivity contribution in [2.24, 2.45) is 0 Å². The third kappa shape index (κ3) is 5.94. The standard InChI is InChI=1S/C34H36N4O5/c1-17(10-11-39)33-30-13-18(2)25(36-30)15-27-21(5)24(7-9-32(42)43)29(38-27)16-28-23(6-8-31(40)41)20(4)26(37-28)14-22-12-19(3)34(33)35-22/h12-16,35-36,39H,1,6-11H2,2-5H3,(H,40,41)(H,42,43). The molecule has 0 spiro atoms. The van der Waals surface area contributed by atoms with E-state index in [1.54, 1.807) is 0 Å². The number of rotatable bonds is 9. The van der Waals surface area contributed by atoms with Gasteiger partial charge in [0.1, 0.15) is 0 Å². The van der Waals surface area contributed by atoms with Crippen molar-refractivity contribution in [2.75, 3.05) is 6.61 Å². The summed E-state index contributed by atoms with van der Waals surface area (Å²) in [4.78, 5) is 40.0. The number of aromatic amines is 2. The van der Waals surface area contributed by atoms with E-state index in [9.17, 15) is 24.9 Å². The Labute approximate surface area is 249 Å². The minimum absolute atomic E-state index is 0.0344. The summed E-state index contributed by atoms with van der Waals surface area (Å²) in [5.74, 6) is -1.79. The molecule has 0 saturated heterocycles.